The molecule has 2 aliphatic rings. The summed E-state index contributed by atoms with van der Waals surface area (Å²) in [6, 6.07) is 10.7. The quantitative estimate of drug-likeness (QED) is 0.439. The first-order valence-corrected chi connectivity index (χ1v) is 11.9. The molecule has 1 N–H and O–H groups in total. The fraction of sp³-hybridized carbons (Fsp3) is 0.370. The number of hydrogen-bond acceptors (Lipinski definition) is 6. The van der Waals surface area contributed by atoms with Crippen molar-refractivity contribution in [2.75, 3.05) is 38.8 Å². The minimum Gasteiger partial charge on any atom is -0.493 e. The number of nitrogens with one attached hydrogen (secondary N) is 1. The second-order valence-corrected chi connectivity index (χ2v) is 8.69. The van der Waals surface area contributed by atoms with Crippen LogP contribution in [0.5, 0.6) is 11.5 Å². The molecule has 4 rings (SSSR count). The standard InChI is InChI=1S/C27H31N3O5/c1-4-5-12-29-13-11-20-15-19(6-8-22(20)29)16-21-25(31)28-27(33)30(26(21)32)14-10-18-7-9-23(34-2)24(17-18)35-3/h6-9,15-17H,4-5,10-14H2,1-3H3,(H,28,31,33)/b21-16+. The summed E-state index contributed by atoms with van der Waals surface area (Å²) in [5.41, 5.74) is 4.02. The molecule has 0 saturated carbocycles. The number of unbranched alkanes of at least 4 members (excludes halogenated alkanes) is 1. The molecule has 1 saturated heterocycles. The first-order chi connectivity index (χ1) is 16.9. The van der Waals surface area contributed by atoms with Crippen LogP contribution in [0.1, 0.15) is 36.5 Å². The molecule has 0 spiro atoms. The third-order valence-corrected chi connectivity index (χ3v) is 6.45. The van der Waals surface area contributed by atoms with E-state index in [1.54, 1.807) is 32.4 Å². The van der Waals surface area contributed by atoms with E-state index in [-0.39, 0.29) is 12.1 Å². The molecule has 0 radical (unpaired) electrons. The van der Waals surface area contributed by atoms with E-state index in [0.29, 0.717) is 17.9 Å². The Kier molecular flexibility index (Phi) is 7.39. The molecular weight excluding hydrogens is 446 g/mol. The summed E-state index contributed by atoms with van der Waals surface area (Å²) in [6.45, 7) is 4.32. The van der Waals surface area contributed by atoms with E-state index in [9.17, 15) is 14.4 Å². The number of carbonyl (C=O) groups excluding carboxylic acids is 3. The van der Waals surface area contributed by atoms with Gasteiger partial charge in [-0.3, -0.25) is 19.8 Å². The van der Waals surface area contributed by atoms with Gasteiger partial charge in [0.05, 0.1) is 14.2 Å². The van der Waals surface area contributed by atoms with Crippen molar-refractivity contribution in [1.29, 1.82) is 0 Å². The minimum atomic E-state index is -0.710. The highest BCUT2D eigenvalue weighted by Gasteiger charge is 2.35. The Balaban J connectivity index is 1.50. The van der Waals surface area contributed by atoms with Crippen molar-refractivity contribution in [1.82, 2.24) is 10.2 Å². The maximum atomic E-state index is 13.1. The molecule has 0 atom stereocenters. The van der Waals surface area contributed by atoms with Crippen LogP contribution < -0.4 is 19.7 Å². The van der Waals surface area contributed by atoms with Crippen LogP contribution in [0.4, 0.5) is 10.5 Å². The van der Waals surface area contributed by atoms with Crippen molar-refractivity contribution in [3.63, 3.8) is 0 Å². The number of rotatable bonds is 9. The van der Waals surface area contributed by atoms with Crippen LogP contribution in [-0.2, 0) is 22.4 Å². The highest BCUT2D eigenvalue weighted by molar-refractivity contribution is 6.31. The number of ether oxygens (including phenoxy) is 2. The van der Waals surface area contributed by atoms with E-state index in [1.165, 1.54) is 11.3 Å². The van der Waals surface area contributed by atoms with Gasteiger partial charge >= 0.3 is 6.03 Å². The topological polar surface area (TPSA) is 88.2 Å². The van der Waals surface area contributed by atoms with Gasteiger partial charge in [-0.25, -0.2) is 4.79 Å². The number of urea groups is 1. The lowest BCUT2D eigenvalue weighted by Gasteiger charge is -2.26. The SMILES string of the molecule is CCCCN1CCc2cc(/C=C3\C(=O)NC(=O)N(CCc4ccc(OC)c(OC)c4)C3=O)ccc21. The van der Waals surface area contributed by atoms with Crippen molar-refractivity contribution in [3.8, 4) is 11.5 Å². The summed E-state index contributed by atoms with van der Waals surface area (Å²) in [7, 11) is 3.11. The molecule has 4 amide bonds. The number of anilines is 1. The van der Waals surface area contributed by atoms with Gasteiger partial charge in [-0.15, -0.1) is 0 Å². The van der Waals surface area contributed by atoms with Crippen LogP contribution in [0.2, 0.25) is 0 Å². The maximum absolute atomic E-state index is 13.1. The largest absolute Gasteiger partial charge is 0.493 e. The van der Waals surface area contributed by atoms with Crippen molar-refractivity contribution in [3.05, 3.63) is 58.7 Å². The first kappa shape index (κ1) is 24.3. The van der Waals surface area contributed by atoms with Crippen molar-refractivity contribution in [2.45, 2.75) is 32.6 Å². The van der Waals surface area contributed by atoms with Crippen molar-refractivity contribution < 1.29 is 23.9 Å². The lowest BCUT2D eigenvalue weighted by Crippen LogP contribution is -2.54. The Morgan fingerprint density at radius 1 is 1.00 bits per heavy atom. The van der Waals surface area contributed by atoms with Crippen LogP contribution in [0, 0.1) is 0 Å². The number of barbiturate groups is 1. The molecule has 0 aliphatic carbocycles. The van der Waals surface area contributed by atoms with Crippen LogP contribution in [0.15, 0.2) is 42.0 Å². The predicted molar refractivity (Wildman–Crippen MR) is 134 cm³/mol. The van der Waals surface area contributed by atoms with Crippen LogP contribution in [0.3, 0.4) is 0 Å². The molecule has 2 aromatic rings. The second-order valence-electron chi connectivity index (χ2n) is 8.69. The normalized spacial score (nSPS) is 16.5. The number of nitrogens with zero attached hydrogens (tertiary/aromatic N) is 2. The van der Waals surface area contributed by atoms with Gasteiger partial charge in [-0.1, -0.05) is 25.5 Å². The zero-order chi connectivity index (χ0) is 24.9. The van der Waals surface area contributed by atoms with Gasteiger partial charge in [0.2, 0.25) is 0 Å². The summed E-state index contributed by atoms with van der Waals surface area (Å²) in [6.07, 6.45) is 5.21. The number of carbonyl (C=O) groups is 3. The zero-order valence-electron chi connectivity index (χ0n) is 20.4. The highest BCUT2D eigenvalue weighted by atomic mass is 16.5. The van der Waals surface area contributed by atoms with E-state index in [0.717, 1.165) is 48.4 Å². The summed E-state index contributed by atoms with van der Waals surface area (Å²) < 4.78 is 10.6. The van der Waals surface area contributed by atoms with E-state index >= 15 is 0 Å². The van der Waals surface area contributed by atoms with Gasteiger partial charge in [0.15, 0.2) is 11.5 Å². The van der Waals surface area contributed by atoms with Gasteiger partial charge in [-0.05, 0) is 66.3 Å². The maximum Gasteiger partial charge on any atom is 0.331 e. The van der Waals surface area contributed by atoms with Crippen LogP contribution >= 0.6 is 0 Å². The van der Waals surface area contributed by atoms with E-state index in [4.69, 9.17) is 9.47 Å². The third kappa shape index (κ3) is 5.16. The van der Waals surface area contributed by atoms with Gasteiger partial charge in [0.1, 0.15) is 5.57 Å². The second kappa shape index (κ2) is 10.6. The Labute approximate surface area is 205 Å². The Morgan fingerprint density at radius 3 is 2.54 bits per heavy atom. The summed E-state index contributed by atoms with van der Waals surface area (Å²) in [4.78, 5) is 41.5. The fourth-order valence-electron chi connectivity index (χ4n) is 4.50. The molecule has 2 heterocycles. The van der Waals surface area contributed by atoms with Gasteiger partial charge < -0.3 is 14.4 Å². The average Bonchev–Trinajstić information content (AvgIpc) is 3.27. The van der Waals surface area contributed by atoms with Crippen LogP contribution in [0.25, 0.3) is 6.08 Å². The minimum absolute atomic E-state index is 0.0438. The third-order valence-electron chi connectivity index (χ3n) is 6.45. The molecule has 35 heavy (non-hydrogen) atoms. The smallest absolute Gasteiger partial charge is 0.331 e. The molecule has 184 valence electrons. The van der Waals surface area contributed by atoms with E-state index in [1.807, 2.05) is 18.2 Å². The highest BCUT2D eigenvalue weighted by Crippen LogP contribution is 2.30. The average molecular weight is 478 g/mol. The van der Waals surface area contributed by atoms with E-state index < -0.39 is 17.8 Å². The zero-order valence-corrected chi connectivity index (χ0v) is 20.4. The fourth-order valence-corrected chi connectivity index (χ4v) is 4.50. The summed E-state index contributed by atoms with van der Waals surface area (Å²) in [5, 5.41) is 2.30. The lowest BCUT2D eigenvalue weighted by molar-refractivity contribution is -0.130. The molecule has 1 fully saturated rings. The predicted octanol–water partition coefficient (Wildman–Crippen LogP) is 3.57. The Bertz CT molecular complexity index is 1170. The molecule has 8 nitrogen and oxygen atoms in total. The van der Waals surface area contributed by atoms with Gasteiger partial charge in [0.25, 0.3) is 11.8 Å². The molecule has 0 bridgehead atoms. The molecule has 2 aromatic carbocycles. The number of imide groups is 2. The van der Waals surface area contributed by atoms with Gasteiger partial charge in [0, 0.05) is 25.3 Å². The number of hydrogen-bond donors (Lipinski definition) is 1. The van der Waals surface area contributed by atoms with E-state index in [2.05, 4.69) is 23.2 Å². The van der Waals surface area contributed by atoms with Crippen molar-refractivity contribution in [2.24, 2.45) is 0 Å². The molecular formula is C27H31N3O5. The first-order valence-electron chi connectivity index (χ1n) is 11.9. The number of methoxy groups -OCH3 is 2. The molecule has 8 heteroatoms. The number of fused-ring (bicyclic) bond motifs is 1. The lowest BCUT2D eigenvalue weighted by atomic mass is 10.0. The Hall–Kier alpha value is -3.81. The Morgan fingerprint density at radius 2 is 1.80 bits per heavy atom. The van der Waals surface area contributed by atoms with Gasteiger partial charge in [-0.2, -0.15) is 0 Å². The monoisotopic (exact) mass is 477 g/mol. The molecule has 2 aliphatic heterocycles. The number of amides is 4. The summed E-state index contributed by atoms with van der Waals surface area (Å²) >= 11 is 0. The molecule has 0 unspecified atom stereocenters. The molecule has 0 aromatic heterocycles. The number of benzene rings is 2. The summed E-state index contributed by atoms with van der Waals surface area (Å²) in [5.74, 6) is -0.0986. The van der Waals surface area contributed by atoms with Crippen molar-refractivity contribution >= 4 is 29.6 Å². The van der Waals surface area contributed by atoms with Crippen LogP contribution in [-0.4, -0.2) is 56.6 Å².